The van der Waals surface area contributed by atoms with Crippen molar-refractivity contribution >= 4 is 5.69 Å². The molecule has 1 aromatic carbocycles. The molecule has 2 heteroatoms. The minimum absolute atomic E-state index is 0.904. The number of anilines is 1. The Morgan fingerprint density at radius 1 is 1.13 bits per heavy atom. The molecule has 0 bridgehead atoms. The number of nitrogens with zero attached hydrogens (tertiary/aromatic N) is 1. The molecule has 0 radical (unpaired) electrons. The van der Waals surface area contributed by atoms with Crippen molar-refractivity contribution in [1.82, 2.24) is 5.32 Å². The molecule has 0 spiro atoms. The Balaban J connectivity index is 2.42. The van der Waals surface area contributed by atoms with Crippen LogP contribution < -0.4 is 10.2 Å². The Hall–Kier alpha value is -1.28. The summed E-state index contributed by atoms with van der Waals surface area (Å²) in [6.45, 7) is 8.38. The summed E-state index contributed by atoms with van der Waals surface area (Å²) in [4.78, 5) is 2.27. The first-order chi connectivity index (χ1) is 7.18. The van der Waals surface area contributed by atoms with Crippen LogP contribution in [0.25, 0.3) is 0 Å². The van der Waals surface area contributed by atoms with Crippen LogP contribution in [-0.4, -0.2) is 13.2 Å². The largest absolute Gasteiger partial charge is 0.335 e. The normalized spacial score (nSPS) is 15.8. The fraction of sp³-hybridized carbons (Fsp3) is 0.385. The minimum atomic E-state index is 0.904. The van der Waals surface area contributed by atoms with Gasteiger partial charge in [0.2, 0.25) is 0 Å². The van der Waals surface area contributed by atoms with Gasteiger partial charge in [0, 0.05) is 18.4 Å². The zero-order valence-corrected chi connectivity index (χ0v) is 9.67. The Kier molecular flexibility index (Phi) is 2.78. The van der Waals surface area contributed by atoms with Crippen molar-refractivity contribution in [3.63, 3.8) is 0 Å². The lowest BCUT2D eigenvalue weighted by Gasteiger charge is -2.27. The molecule has 1 aliphatic rings. The van der Waals surface area contributed by atoms with E-state index in [1.54, 1.807) is 0 Å². The van der Waals surface area contributed by atoms with Crippen LogP contribution >= 0.6 is 0 Å². The van der Waals surface area contributed by atoms with E-state index in [4.69, 9.17) is 0 Å². The van der Waals surface area contributed by atoms with Crippen LogP contribution in [-0.2, 0) is 0 Å². The van der Waals surface area contributed by atoms with E-state index in [1.807, 2.05) is 0 Å². The summed E-state index contributed by atoms with van der Waals surface area (Å²) in [5, 5.41) is 3.34. The van der Waals surface area contributed by atoms with E-state index in [1.165, 1.54) is 22.4 Å². The number of aryl methyl sites for hydroxylation is 3. The molecule has 0 aliphatic carbocycles. The van der Waals surface area contributed by atoms with E-state index < -0.39 is 0 Å². The maximum absolute atomic E-state index is 3.34. The van der Waals surface area contributed by atoms with Gasteiger partial charge >= 0.3 is 0 Å². The van der Waals surface area contributed by atoms with Gasteiger partial charge in [0.25, 0.3) is 0 Å². The first-order valence-corrected chi connectivity index (χ1v) is 5.40. The molecule has 15 heavy (non-hydrogen) atoms. The number of rotatable bonds is 1. The van der Waals surface area contributed by atoms with Gasteiger partial charge < -0.3 is 4.90 Å². The summed E-state index contributed by atoms with van der Waals surface area (Å²) < 4.78 is 0. The van der Waals surface area contributed by atoms with E-state index >= 15 is 0 Å². The van der Waals surface area contributed by atoms with Crippen LogP contribution in [0.3, 0.4) is 0 Å². The molecule has 0 aromatic heterocycles. The molecule has 0 saturated carbocycles. The molecule has 0 saturated heterocycles. The Morgan fingerprint density at radius 2 is 1.80 bits per heavy atom. The number of nitrogens with one attached hydrogen (secondary N) is 1. The van der Waals surface area contributed by atoms with Gasteiger partial charge in [-0.2, -0.15) is 0 Å². The molecule has 0 unspecified atom stereocenters. The van der Waals surface area contributed by atoms with Gasteiger partial charge in [-0.25, -0.2) is 0 Å². The summed E-state index contributed by atoms with van der Waals surface area (Å²) in [5.74, 6) is 0. The second-order valence-corrected chi connectivity index (χ2v) is 4.21. The van der Waals surface area contributed by atoms with Crippen molar-refractivity contribution in [1.29, 1.82) is 0 Å². The quantitative estimate of drug-likeness (QED) is 0.752. The molecular formula is C13H18N2. The first kappa shape index (κ1) is 10.2. The van der Waals surface area contributed by atoms with Gasteiger partial charge in [-0.15, -0.1) is 0 Å². The third-order valence-corrected chi connectivity index (χ3v) is 2.75. The second kappa shape index (κ2) is 4.07. The van der Waals surface area contributed by atoms with E-state index in [0.717, 1.165) is 13.2 Å². The fourth-order valence-corrected chi connectivity index (χ4v) is 2.28. The van der Waals surface area contributed by atoms with Crippen molar-refractivity contribution in [2.75, 3.05) is 18.1 Å². The van der Waals surface area contributed by atoms with Crippen molar-refractivity contribution in [3.05, 3.63) is 41.1 Å². The van der Waals surface area contributed by atoms with Crippen LogP contribution in [0.2, 0.25) is 0 Å². The van der Waals surface area contributed by atoms with Crippen LogP contribution in [0.5, 0.6) is 0 Å². The van der Waals surface area contributed by atoms with E-state index in [2.05, 4.69) is 55.4 Å². The van der Waals surface area contributed by atoms with Crippen molar-refractivity contribution in [2.45, 2.75) is 20.8 Å². The zero-order chi connectivity index (χ0) is 10.8. The monoisotopic (exact) mass is 202 g/mol. The predicted octanol–water partition coefficient (Wildman–Crippen LogP) is 2.49. The highest BCUT2D eigenvalue weighted by Gasteiger charge is 2.11. The first-order valence-electron chi connectivity index (χ1n) is 5.40. The molecule has 2 nitrogen and oxygen atoms in total. The molecule has 0 amide bonds. The molecule has 1 heterocycles. The third kappa shape index (κ3) is 2.05. The van der Waals surface area contributed by atoms with Gasteiger partial charge in [-0.3, -0.25) is 5.32 Å². The molecule has 0 fully saturated rings. The summed E-state index contributed by atoms with van der Waals surface area (Å²) in [7, 11) is 0. The average molecular weight is 202 g/mol. The number of benzene rings is 1. The lowest BCUT2D eigenvalue weighted by atomic mass is 10.0. The van der Waals surface area contributed by atoms with E-state index in [9.17, 15) is 0 Å². The van der Waals surface area contributed by atoms with E-state index in [-0.39, 0.29) is 0 Å². The minimum Gasteiger partial charge on any atom is -0.335 e. The molecule has 2 rings (SSSR count). The summed E-state index contributed by atoms with van der Waals surface area (Å²) >= 11 is 0. The highest BCUT2D eigenvalue weighted by atomic mass is 15.2. The Labute approximate surface area is 91.6 Å². The van der Waals surface area contributed by atoms with Gasteiger partial charge in [0.1, 0.15) is 0 Å². The smallest absolute Gasteiger partial charge is 0.0728 e. The molecule has 1 aliphatic heterocycles. The summed E-state index contributed by atoms with van der Waals surface area (Å²) in [5.41, 5.74) is 5.37. The van der Waals surface area contributed by atoms with Crippen LogP contribution in [0.15, 0.2) is 24.4 Å². The average Bonchev–Trinajstić information content (AvgIpc) is 2.17. The summed E-state index contributed by atoms with van der Waals surface area (Å²) in [6, 6.07) is 4.48. The van der Waals surface area contributed by atoms with Gasteiger partial charge in [-0.1, -0.05) is 23.8 Å². The van der Waals surface area contributed by atoms with Crippen LogP contribution in [0, 0.1) is 20.8 Å². The SMILES string of the molecule is Cc1cc(C)c(N2C=CCNC2)c(C)c1. The zero-order valence-electron chi connectivity index (χ0n) is 9.67. The maximum Gasteiger partial charge on any atom is 0.0728 e. The highest BCUT2D eigenvalue weighted by molar-refractivity contribution is 5.62. The molecular weight excluding hydrogens is 184 g/mol. The lowest BCUT2D eigenvalue weighted by Crippen LogP contribution is -2.34. The molecule has 1 N–H and O–H groups in total. The van der Waals surface area contributed by atoms with E-state index in [0.29, 0.717) is 0 Å². The Bertz CT molecular complexity index is 371. The lowest BCUT2D eigenvalue weighted by molar-refractivity contribution is 0.719. The predicted molar refractivity (Wildman–Crippen MR) is 65.1 cm³/mol. The van der Waals surface area contributed by atoms with Gasteiger partial charge in [-0.05, 0) is 31.9 Å². The molecule has 1 aromatic rings. The number of hydrogen-bond donors (Lipinski definition) is 1. The second-order valence-electron chi connectivity index (χ2n) is 4.21. The van der Waals surface area contributed by atoms with Gasteiger partial charge in [0.05, 0.1) is 6.67 Å². The molecule has 0 atom stereocenters. The van der Waals surface area contributed by atoms with Crippen molar-refractivity contribution in [3.8, 4) is 0 Å². The Morgan fingerprint density at radius 3 is 2.33 bits per heavy atom. The summed E-state index contributed by atoms with van der Waals surface area (Å²) in [6.07, 6.45) is 4.32. The molecule has 80 valence electrons. The topological polar surface area (TPSA) is 15.3 Å². The fourth-order valence-electron chi connectivity index (χ4n) is 2.28. The van der Waals surface area contributed by atoms with Crippen LogP contribution in [0.4, 0.5) is 5.69 Å². The van der Waals surface area contributed by atoms with Crippen molar-refractivity contribution < 1.29 is 0 Å². The maximum atomic E-state index is 3.34. The highest BCUT2D eigenvalue weighted by Crippen LogP contribution is 2.26. The van der Waals surface area contributed by atoms with Crippen molar-refractivity contribution in [2.24, 2.45) is 0 Å². The standard InChI is InChI=1S/C13H18N2/c1-10-7-11(2)13(12(3)8-10)15-6-4-5-14-9-15/h4,6-8,14H,5,9H2,1-3H3. The number of hydrogen-bond acceptors (Lipinski definition) is 2. The van der Waals surface area contributed by atoms with Gasteiger partial charge in [0.15, 0.2) is 0 Å². The van der Waals surface area contributed by atoms with Crippen LogP contribution in [0.1, 0.15) is 16.7 Å². The third-order valence-electron chi connectivity index (χ3n) is 2.75.